The van der Waals surface area contributed by atoms with Crippen LogP contribution in [0.2, 0.25) is 0 Å². The van der Waals surface area contributed by atoms with Gasteiger partial charge in [-0.25, -0.2) is 8.42 Å². The predicted octanol–water partition coefficient (Wildman–Crippen LogP) is 2.92. The average molecular weight is 302 g/mol. The molecule has 0 bridgehead atoms. The first-order valence-corrected chi connectivity index (χ1v) is 8.52. The summed E-state index contributed by atoms with van der Waals surface area (Å²) >= 11 is 0. The van der Waals surface area contributed by atoms with Crippen LogP contribution in [0.1, 0.15) is 30.1 Å². The summed E-state index contributed by atoms with van der Waals surface area (Å²) in [7, 11) is -3.46. The van der Waals surface area contributed by atoms with Gasteiger partial charge in [0.05, 0.1) is 16.6 Å². The van der Waals surface area contributed by atoms with Crippen LogP contribution in [-0.4, -0.2) is 24.3 Å². The molecule has 1 aromatic heterocycles. The van der Waals surface area contributed by atoms with E-state index in [-0.39, 0.29) is 6.04 Å². The third-order valence-corrected chi connectivity index (χ3v) is 5.78. The molecule has 21 heavy (non-hydrogen) atoms. The van der Waals surface area contributed by atoms with Gasteiger partial charge >= 0.3 is 0 Å². The summed E-state index contributed by atoms with van der Waals surface area (Å²) in [5, 5.41) is 0. The summed E-state index contributed by atoms with van der Waals surface area (Å²) in [6.45, 7) is 2.50. The number of hydrogen-bond donors (Lipinski definition) is 0. The maximum absolute atomic E-state index is 12.8. The van der Waals surface area contributed by atoms with Crippen molar-refractivity contribution >= 4 is 10.0 Å². The summed E-state index contributed by atoms with van der Waals surface area (Å²) in [6, 6.07) is 12.5. The monoisotopic (exact) mass is 302 g/mol. The van der Waals surface area contributed by atoms with E-state index in [4.69, 9.17) is 0 Å². The van der Waals surface area contributed by atoms with Crippen LogP contribution < -0.4 is 0 Å². The number of aryl methyl sites for hydroxylation is 1. The third kappa shape index (κ3) is 2.71. The molecule has 0 aliphatic carbocycles. The molecule has 110 valence electrons. The first-order valence-electron chi connectivity index (χ1n) is 7.08. The second-order valence-electron chi connectivity index (χ2n) is 5.34. The fraction of sp³-hybridized carbons (Fsp3) is 0.312. The molecule has 2 aromatic rings. The number of benzene rings is 1. The van der Waals surface area contributed by atoms with E-state index in [9.17, 15) is 8.42 Å². The van der Waals surface area contributed by atoms with Crippen LogP contribution in [0.4, 0.5) is 0 Å². The van der Waals surface area contributed by atoms with Gasteiger partial charge in [0.1, 0.15) is 0 Å². The second-order valence-corrected chi connectivity index (χ2v) is 7.23. The maximum Gasteiger partial charge on any atom is 0.243 e. The van der Waals surface area contributed by atoms with Crippen molar-refractivity contribution in [3.8, 4) is 0 Å². The van der Waals surface area contributed by atoms with Gasteiger partial charge in [0.25, 0.3) is 0 Å². The molecule has 1 saturated heterocycles. The molecule has 0 radical (unpaired) electrons. The molecule has 1 aromatic carbocycles. The van der Waals surface area contributed by atoms with Crippen LogP contribution in [0.3, 0.4) is 0 Å². The summed E-state index contributed by atoms with van der Waals surface area (Å²) < 4.78 is 27.2. The molecule has 1 fully saturated rings. The fourth-order valence-corrected chi connectivity index (χ4v) is 4.41. The number of sulfonamides is 1. The van der Waals surface area contributed by atoms with Gasteiger partial charge in [0, 0.05) is 12.7 Å². The number of pyridine rings is 1. The first-order chi connectivity index (χ1) is 10.1. The minimum absolute atomic E-state index is 0.155. The molecule has 2 heterocycles. The van der Waals surface area contributed by atoms with Crippen LogP contribution in [0.25, 0.3) is 0 Å². The summed E-state index contributed by atoms with van der Waals surface area (Å²) in [5.74, 6) is 0. The zero-order valence-electron chi connectivity index (χ0n) is 11.9. The summed E-state index contributed by atoms with van der Waals surface area (Å²) in [5.41, 5.74) is 1.88. The highest BCUT2D eigenvalue weighted by Crippen LogP contribution is 2.35. The number of nitrogens with zero attached hydrogens (tertiary/aromatic N) is 2. The largest absolute Gasteiger partial charge is 0.260 e. The van der Waals surface area contributed by atoms with E-state index in [0.29, 0.717) is 11.4 Å². The van der Waals surface area contributed by atoms with Crippen molar-refractivity contribution in [2.75, 3.05) is 6.54 Å². The van der Waals surface area contributed by atoms with E-state index in [0.717, 1.165) is 24.1 Å². The topological polar surface area (TPSA) is 50.3 Å². The van der Waals surface area contributed by atoms with Gasteiger partial charge < -0.3 is 0 Å². The molecule has 4 nitrogen and oxygen atoms in total. The van der Waals surface area contributed by atoms with E-state index in [1.165, 1.54) is 0 Å². The number of aromatic nitrogens is 1. The number of rotatable bonds is 3. The molecule has 0 unspecified atom stereocenters. The Kier molecular flexibility index (Phi) is 3.78. The van der Waals surface area contributed by atoms with Gasteiger partial charge in [-0.1, -0.05) is 23.8 Å². The first kappa shape index (κ1) is 14.2. The predicted molar refractivity (Wildman–Crippen MR) is 81.3 cm³/mol. The lowest BCUT2D eigenvalue weighted by Gasteiger charge is -2.23. The maximum atomic E-state index is 12.8. The summed E-state index contributed by atoms with van der Waals surface area (Å²) in [4.78, 5) is 4.68. The van der Waals surface area contributed by atoms with Gasteiger partial charge in [-0.05, 0) is 44.0 Å². The molecule has 1 aliphatic heterocycles. The van der Waals surface area contributed by atoms with E-state index < -0.39 is 10.0 Å². The van der Waals surface area contributed by atoms with Crippen molar-refractivity contribution in [1.29, 1.82) is 0 Å². The van der Waals surface area contributed by atoms with Crippen molar-refractivity contribution in [1.82, 2.24) is 9.29 Å². The molecule has 1 aliphatic rings. The minimum Gasteiger partial charge on any atom is -0.260 e. The van der Waals surface area contributed by atoms with E-state index >= 15 is 0 Å². The smallest absolute Gasteiger partial charge is 0.243 e. The molecule has 0 spiro atoms. The standard InChI is InChI=1S/C16H18N2O2S/c1-13-7-9-14(10-8-13)21(19,20)18-12-4-6-16(18)15-5-2-3-11-17-15/h2-3,5,7-11,16H,4,6,12H2,1H3/t16-/m1/s1. The van der Waals surface area contributed by atoms with Gasteiger partial charge in [-0.15, -0.1) is 0 Å². The van der Waals surface area contributed by atoms with Crippen LogP contribution >= 0.6 is 0 Å². The van der Waals surface area contributed by atoms with Crippen LogP contribution in [0.15, 0.2) is 53.6 Å². The molecule has 0 saturated carbocycles. The Morgan fingerprint density at radius 2 is 1.90 bits per heavy atom. The quantitative estimate of drug-likeness (QED) is 0.876. The van der Waals surface area contributed by atoms with E-state index in [1.807, 2.05) is 37.3 Å². The van der Waals surface area contributed by atoms with Gasteiger partial charge in [-0.2, -0.15) is 4.31 Å². The van der Waals surface area contributed by atoms with Gasteiger partial charge in [0.2, 0.25) is 10.0 Å². The molecule has 0 amide bonds. The molecule has 0 N–H and O–H groups in total. The average Bonchev–Trinajstić information content (AvgIpc) is 2.99. The lowest BCUT2D eigenvalue weighted by atomic mass is 10.1. The lowest BCUT2D eigenvalue weighted by Crippen LogP contribution is -2.31. The van der Waals surface area contributed by atoms with Crippen molar-refractivity contribution in [2.45, 2.75) is 30.7 Å². The molecular formula is C16H18N2O2S. The zero-order chi connectivity index (χ0) is 14.9. The van der Waals surface area contributed by atoms with Gasteiger partial charge in [-0.3, -0.25) is 4.98 Å². The SMILES string of the molecule is Cc1ccc(S(=O)(=O)N2CCC[C@@H]2c2ccccn2)cc1. The highest BCUT2D eigenvalue weighted by molar-refractivity contribution is 7.89. The number of hydrogen-bond acceptors (Lipinski definition) is 3. The summed E-state index contributed by atoms with van der Waals surface area (Å²) in [6.07, 6.45) is 3.40. The fourth-order valence-electron chi connectivity index (χ4n) is 2.74. The van der Waals surface area contributed by atoms with Crippen molar-refractivity contribution in [3.05, 3.63) is 59.9 Å². The van der Waals surface area contributed by atoms with Crippen LogP contribution in [0, 0.1) is 6.92 Å². The minimum atomic E-state index is -3.46. The van der Waals surface area contributed by atoms with Crippen molar-refractivity contribution < 1.29 is 8.42 Å². The van der Waals surface area contributed by atoms with Crippen LogP contribution in [-0.2, 0) is 10.0 Å². The van der Waals surface area contributed by atoms with E-state index in [1.54, 1.807) is 22.6 Å². The Morgan fingerprint density at radius 1 is 1.14 bits per heavy atom. The Hall–Kier alpha value is -1.72. The van der Waals surface area contributed by atoms with Crippen molar-refractivity contribution in [3.63, 3.8) is 0 Å². The highest BCUT2D eigenvalue weighted by atomic mass is 32.2. The van der Waals surface area contributed by atoms with Gasteiger partial charge in [0.15, 0.2) is 0 Å². The Labute approximate surface area is 125 Å². The Balaban J connectivity index is 1.96. The molecule has 3 rings (SSSR count). The Bertz CT molecular complexity index is 712. The normalized spacial score (nSPS) is 19.8. The van der Waals surface area contributed by atoms with E-state index in [2.05, 4.69) is 4.98 Å². The zero-order valence-corrected chi connectivity index (χ0v) is 12.8. The Morgan fingerprint density at radius 3 is 2.57 bits per heavy atom. The highest BCUT2D eigenvalue weighted by Gasteiger charge is 2.36. The molecule has 5 heteroatoms. The van der Waals surface area contributed by atoms with Crippen LogP contribution in [0.5, 0.6) is 0 Å². The molecular weight excluding hydrogens is 284 g/mol. The van der Waals surface area contributed by atoms with Crippen molar-refractivity contribution in [2.24, 2.45) is 0 Å². The second kappa shape index (κ2) is 5.58. The third-order valence-electron chi connectivity index (χ3n) is 3.86. The lowest BCUT2D eigenvalue weighted by molar-refractivity contribution is 0.390. The molecule has 1 atom stereocenters.